The van der Waals surface area contributed by atoms with Gasteiger partial charge in [0.25, 0.3) is 0 Å². The third kappa shape index (κ3) is 1.91. The van der Waals surface area contributed by atoms with E-state index in [2.05, 4.69) is 23.8 Å². The summed E-state index contributed by atoms with van der Waals surface area (Å²) in [6.45, 7) is 4.40. The predicted octanol–water partition coefficient (Wildman–Crippen LogP) is 3.02. The molecule has 0 spiro atoms. The van der Waals surface area contributed by atoms with Gasteiger partial charge in [0.2, 0.25) is 5.88 Å². The average molecular weight is 218 g/mol. The van der Waals surface area contributed by atoms with Crippen molar-refractivity contribution in [2.24, 2.45) is 0 Å². The number of aromatic nitrogens is 2. The van der Waals surface area contributed by atoms with Gasteiger partial charge in [-0.1, -0.05) is 13.8 Å². The van der Waals surface area contributed by atoms with Crippen molar-refractivity contribution in [3.8, 4) is 5.88 Å². The Morgan fingerprint density at radius 1 is 1.19 bits per heavy atom. The van der Waals surface area contributed by atoms with Crippen molar-refractivity contribution >= 4 is 0 Å². The molecule has 0 radical (unpaired) electrons. The van der Waals surface area contributed by atoms with Gasteiger partial charge in [0.1, 0.15) is 12.4 Å². The topological polar surface area (TPSA) is 35.0 Å². The Bertz CT molecular complexity index is 395. The van der Waals surface area contributed by atoms with Gasteiger partial charge in [-0.2, -0.15) is 0 Å². The third-order valence-electron chi connectivity index (χ3n) is 3.22. The van der Waals surface area contributed by atoms with E-state index in [1.54, 1.807) is 6.33 Å². The van der Waals surface area contributed by atoms with Crippen molar-refractivity contribution in [3.05, 3.63) is 17.6 Å². The standard InChI is InChI=1S/C13H18N2O/c1-8(2)11-12(9-3-4-9)14-7-15-13(11)16-10-5-6-10/h7-10H,3-6H2,1-2H3. The molecule has 0 unspecified atom stereocenters. The molecule has 0 aliphatic heterocycles. The number of rotatable bonds is 4. The van der Waals surface area contributed by atoms with Crippen LogP contribution in [0, 0.1) is 0 Å². The van der Waals surface area contributed by atoms with E-state index in [-0.39, 0.29) is 0 Å². The Hall–Kier alpha value is -1.12. The lowest BCUT2D eigenvalue weighted by Crippen LogP contribution is -2.07. The van der Waals surface area contributed by atoms with Crippen LogP contribution in [0.2, 0.25) is 0 Å². The van der Waals surface area contributed by atoms with Crippen LogP contribution in [0.15, 0.2) is 6.33 Å². The smallest absolute Gasteiger partial charge is 0.220 e. The fraction of sp³-hybridized carbons (Fsp3) is 0.692. The van der Waals surface area contributed by atoms with Crippen molar-refractivity contribution in [2.75, 3.05) is 0 Å². The molecule has 16 heavy (non-hydrogen) atoms. The van der Waals surface area contributed by atoms with Crippen LogP contribution < -0.4 is 4.74 Å². The van der Waals surface area contributed by atoms with Gasteiger partial charge >= 0.3 is 0 Å². The molecular weight excluding hydrogens is 200 g/mol. The first kappa shape index (κ1) is 10.1. The Morgan fingerprint density at radius 2 is 1.94 bits per heavy atom. The van der Waals surface area contributed by atoms with Crippen molar-refractivity contribution in [2.45, 2.75) is 57.5 Å². The van der Waals surface area contributed by atoms with Crippen LogP contribution in [0.1, 0.15) is 62.6 Å². The van der Waals surface area contributed by atoms with Gasteiger partial charge in [0.15, 0.2) is 0 Å². The number of hydrogen-bond acceptors (Lipinski definition) is 3. The molecule has 3 rings (SSSR count). The van der Waals surface area contributed by atoms with Gasteiger partial charge in [-0.05, 0) is 31.6 Å². The van der Waals surface area contributed by atoms with Crippen molar-refractivity contribution in [3.63, 3.8) is 0 Å². The first-order valence-electron chi connectivity index (χ1n) is 6.27. The summed E-state index contributed by atoms with van der Waals surface area (Å²) in [5.41, 5.74) is 2.48. The summed E-state index contributed by atoms with van der Waals surface area (Å²) < 4.78 is 5.89. The summed E-state index contributed by atoms with van der Waals surface area (Å²) >= 11 is 0. The van der Waals surface area contributed by atoms with Crippen molar-refractivity contribution < 1.29 is 4.74 Å². The van der Waals surface area contributed by atoms with E-state index in [1.165, 1.54) is 36.9 Å². The summed E-state index contributed by atoms with van der Waals surface area (Å²) in [6, 6.07) is 0. The summed E-state index contributed by atoms with van der Waals surface area (Å²) in [5.74, 6) is 1.96. The molecule has 2 aliphatic rings. The molecule has 2 aliphatic carbocycles. The van der Waals surface area contributed by atoms with E-state index in [0.717, 1.165) is 5.88 Å². The van der Waals surface area contributed by atoms with Crippen LogP contribution in [0.5, 0.6) is 5.88 Å². The summed E-state index contributed by atoms with van der Waals surface area (Å²) in [7, 11) is 0. The highest BCUT2D eigenvalue weighted by Gasteiger charge is 2.32. The van der Waals surface area contributed by atoms with Crippen LogP contribution in [-0.4, -0.2) is 16.1 Å². The maximum Gasteiger partial charge on any atom is 0.220 e. The highest BCUT2D eigenvalue weighted by Crippen LogP contribution is 2.44. The number of ether oxygens (including phenoxy) is 1. The first-order chi connectivity index (χ1) is 7.75. The fourth-order valence-corrected chi connectivity index (χ4v) is 2.05. The van der Waals surface area contributed by atoms with Crippen LogP contribution in [0.4, 0.5) is 0 Å². The molecule has 1 aromatic heterocycles. The molecule has 3 heteroatoms. The Labute approximate surface area is 96.3 Å². The third-order valence-corrected chi connectivity index (χ3v) is 3.22. The largest absolute Gasteiger partial charge is 0.474 e. The zero-order valence-corrected chi connectivity index (χ0v) is 9.94. The van der Waals surface area contributed by atoms with Crippen LogP contribution >= 0.6 is 0 Å². The molecule has 1 aromatic rings. The van der Waals surface area contributed by atoms with Gasteiger partial charge in [-0.15, -0.1) is 0 Å². The summed E-state index contributed by atoms with van der Waals surface area (Å²) in [4.78, 5) is 8.78. The van der Waals surface area contributed by atoms with Gasteiger partial charge in [-0.25, -0.2) is 9.97 Å². The van der Waals surface area contributed by atoms with Crippen LogP contribution in [0.3, 0.4) is 0 Å². The van der Waals surface area contributed by atoms with Gasteiger partial charge in [0, 0.05) is 11.5 Å². The highest BCUT2D eigenvalue weighted by molar-refractivity contribution is 5.37. The van der Waals surface area contributed by atoms with E-state index in [1.807, 2.05) is 0 Å². The number of nitrogens with zero attached hydrogens (tertiary/aromatic N) is 2. The molecule has 0 amide bonds. The summed E-state index contributed by atoms with van der Waals surface area (Å²) in [6.07, 6.45) is 7.00. The Morgan fingerprint density at radius 3 is 2.50 bits per heavy atom. The molecule has 0 aromatic carbocycles. The van der Waals surface area contributed by atoms with Gasteiger partial charge in [-0.3, -0.25) is 0 Å². The minimum atomic E-state index is 0.416. The van der Waals surface area contributed by atoms with E-state index in [4.69, 9.17) is 4.74 Å². The van der Waals surface area contributed by atoms with E-state index in [9.17, 15) is 0 Å². The molecule has 2 saturated carbocycles. The van der Waals surface area contributed by atoms with Crippen molar-refractivity contribution in [1.29, 1.82) is 0 Å². The minimum Gasteiger partial charge on any atom is -0.474 e. The SMILES string of the molecule is CC(C)c1c(OC2CC2)ncnc1C1CC1. The minimum absolute atomic E-state index is 0.416. The van der Waals surface area contributed by atoms with Gasteiger partial charge in [0.05, 0.1) is 5.69 Å². The normalized spacial score (nSPS) is 20.2. The molecule has 3 nitrogen and oxygen atoms in total. The highest BCUT2D eigenvalue weighted by atomic mass is 16.5. The van der Waals surface area contributed by atoms with E-state index < -0.39 is 0 Å². The Kier molecular flexibility index (Phi) is 2.34. The first-order valence-corrected chi connectivity index (χ1v) is 6.27. The lowest BCUT2D eigenvalue weighted by atomic mass is 10.00. The second-order valence-electron chi connectivity index (χ2n) is 5.22. The zero-order valence-electron chi connectivity index (χ0n) is 9.94. The van der Waals surface area contributed by atoms with Crippen LogP contribution in [0.25, 0.3) is 0 Å². The maximum atomic E-state index is 5.89. The van der Waals surface area contributed by atoms with Gasteiger partial charge < -0.3 is 4.74 Å². The lowest BCUT2D eigenvalue weighted by Gasteiger charge is -2.15. The van der Waals surface area contributed by atoms with Crippen LogP contribution in [-0.2, 0) is 0 Å². The molecule has 0 bridgehead atoms. The molecule has 0 saturated heterocycles. The molecule has 86 valence electrons. The Balaban J connectivity index is 1.96. The fourth-order valence-electron chi connectivity index (χ4n) is 2.05. The molecule has 0 atom stereocenters. The second kappa shape index (κ2) is 3.72. The molecular formula is C13H18N2O. The average Bonchev–Trinajstić information content (AvgIpc) is 3.12. The maximum absolute atomic E-state index is 5.89. The predicted molar refractivity (Wildman–Crippen MR) is 61.7 cm³/mol. The van der Waals surface area contributed by atoms with E-state index >= 15 is 0 Å². The van der Waals surface area contributed by atoms with Crippen molar-refractivity contribution in [1.82, 2.24) is 9.97 Å². The molecule has 0 N–H and O–H groups in total. The molecule has 1 heterocycles. The zero-order chi connectivity index (χ0) is 11.1. The molecule has 2 fully saturated rings. The summed E-state index contributed by atoms with van der Waals surface area (Å²) in [5, 5.41) is 0. The lowest BCUT2D eigenvalue weighted by molar-refractivity contribution is 0.285. The second-order valence-corrected chi connectivity index (χ2v) is 5.22. The monoisotopic (exact) mass is 218 g/mol. The van der Waals surface area contributed by atoms with E-state index in [0.29, 0.717) is 17.9 Å². The quantitative estimate of drug-likeness (QED) is 0.779. The number of hydrogen-bond donors (Lipinski definition) is 0.